The van der Waals surface area contributed by atoms with Crippen molar-refractivity contribution in [3.05, 3.63) is 28.5 Å². The van der Waals surface area contributed by atoms with Gasteiger partial charge < -0.3 is 0 Å². The maximum atomic E-state index is 13.3. The van der Waals surface area contributed by atoms with E-state index in [1.54, 1.807) is 0 Å². The van der Waals surface area contributed by atoms with E-state index in [1.807, 2.05) is 6.92 Å². The van der Waals surface area contributed by atoms with Gasteiger partial charge in [0.15, 0.2) is 0 Å². The predicted octanol–water partition coefficient (Wildman–Crippen LogP) is 2.28. The molecule has 0 amide bonds. The van der Waals surface area contributed by atoms with Gasteiger partial charge in [-0.1, -0.05) is 22.9 Å². The highest BCUT2D eigenvalue weighted by Gasteiger charge is 2.18. The van der Waals surface area contributed by atoms with Crippen molar-refractivity contribution in [3.8, 4) is 0 Å². The zero-order valence-electron chi connectivity index (χ0n) is 8.13. The fourth-order valence-electron chi connectivity index (χ4n) is 0.997. The number of nitrogens with one attached hydrogen (secondary N) is 1. The van der Waals surface area contributed by atoms with Gasteiger partial charge in [0.2, 0.25) is 10.0 Å². The van der Waals surface area contributed by atoms with Crippen molar-refractivity contribution in [1.29, 1.82) is 0 Å². The van der Waals surface area contributed by atoms with Crippen molar-refractivity contribution < 1.29 is 12.8 Å². The fraction of sp³-hybridized carbons (Fsp3) is 0.333. The second-order valence-electron chi connectivity index (χ2n) is 2.97. The Labute approximate surface area is 96.9 Å². The first-order valence-corrected chi connectivity index (χ1v) is 6.69. The van der Waals surface area contributed by atoms with E-state index in [9.17, 15) is 12.8 Å². The van der Waals surface area contributed by atoms with Crippen LogP contribution in [0, 0.1) is 5.82 Å². The summed E-state index contributed by atoms with van der Waals surface area (Å²) < 4.78 is 39.3. The van der Waals surface area contributed by atoms with Crippen LogP contribution in [-0.2, 0) is 10.0 Å². The summed E-state index contributed by atoms with van der Waals surface area (Å²) in [7, 11) is -3.73. The number of hydrogen-bond acceptors (Lipinski definition) is 2. The smallest absolute Gasteiger partial charge is 0.211 e. The molecule has 1 rings (SSSR count). The molecule has 0 unspecified atom stereocenters. The van der Waals surface area contributed by atoms with Crippen LogP contribution in [0.4, 0.5) is 4.39 Å². The van der Waals surface area contributed by atoms with Crippen LogP contribution < -0.4 is 4.72 Å². The van der Waals surface area contributed by atoms with Crippen molar-refractivity contribution in [2.24, 2.45) is 0 Å². The molecule has 0 spiro atoms. The lowest BCUT2D eigenvalue weighted by Gasteiger charge is -2.06. The van der Waals surface area contributed by atoms with E-state index in [1.165, 1.54) is 12.1 Å². The molecular formula is C9H11BrFNO2S. The molecule has 15 heavy (non-hydrogen) atoms. The fourth-order valence-corrected chi connectivity index (χ4v) is 2.75. The summed E-state index contributed by atoms with van der Waals surface area (Å²) in [5, 5.41) is 0. The lowest BCUT2D eigenvalue weighted by molar-refractivity contribution is 0.556. The second-order valence-corrected chi connectivity index (χ2v) is 5.62. The molecule has 6 heteroatoms. The van der Waals surface area contributed by atoms with Crippen LogP contribution >= 0.6 is 15.9 Å². The van der Waals surface area contributed by atoms with E-state index in [0.717, 1.165) is 6.07 Å². The molecule has 3 nitrogen and oxygen atoms in total. The topological polar surface area (TPSA) is 46.2 Å². The molecule has 0 heterocycles. The molecule has 0 saturated heterocycles. The van der Waals surface area contributed by atoms with Gasteiger partial charge in [0.1, 0.15) is 10.7 Å². The lowest BCUT2D eigenvalue weighted by atomic mass is 10.3. The van der Waals surface area contributed by atoms with Gasteiger partial charge in [-0.2, -0.15) is 0 Å². The number of sulfonamides is 1. The molecule has 1 aromatic rings. The molecule has 0 aliphatic carbocycles. The Balaban J connectivity index is 3.09. The third kappa shape index (κ3) is 3.25. The maximum absolute atomic E-state index is 13.3. The highest BCUT2D eigenvalue weighted by molar-refractivity contribution is 9.10. The molecule has 0 saturated carbocycles. The van der Waals surface area contributed by atoms with Crippen molar-refractivity contribution in [2.75, 3.05) is 6.54 Å². The summed E-state index contributed by atoms with van der Waals surface area (Å²) >= 11 is 3.10. The molecule has 1 aromatic carbocycles. The summed E-state index contributed by atoms with van der Waals surface area (Å²) in [6.07, 6.45) is 0.662. The Bertz CT molecular complexity index is 447. The van der Waals surface area contributed by atoms with Crippen molar-refractivity contribution in [2.45, 2.75) is 18.2 Å². The van der Waals surface area contributed by atoms with E-state index in [0.29, 0.717) is 17.4 Å². The SMILES string of the molecule is CCCNS(=O)(=O)c1cc(Br)ccc1F. The van der Waals surface area contributed by atoms with Gasteiger partial charge in [0.05, 0.1) is 0 Å². The molecule has 0 radical (unpaired) electrons. The molecule has 84 valence electrons. The van der Waals surface area contributed by atoms with Gasteiger partial charge in [-0.3, -0.25) is 0 Å². The van der Waals surface area contributed by atoms with Crippen molar-refractivity contribution in [1.82, 2.24) is 4.72 Å². The van der Waals surface area contributed by atoms with Crippen LogP contribution in [0.5, 0.6) is 0 Å². The highest BCUT2D eigenvalue weighted by atomic mass is 79.9. The molecule has 0 aliphatic heterocycles. The summed E-state index contributed by atoms with van der Waals surface area (Å²) in [5.41, 5.74) is 0. The van der Waals surface area contributed by atoms with E-state index < -0.39 is 15.8 Å². The molecular weight excluding hydrogens is 285 g/mol. The van der Waals surface area contributed by atoms with Crippen LogP contribution in [0.25, 0.3) is 0 Å². The summed E-state index contributed by atoms with van der Waals surface area (Å²) in [6.45, 7) is 2.13. The first-order chi connectivity index (χ1) is 6.97. The van der Waals surface area contributed by atoms with Crippen LogP contribution in [0.3, 0.4) is 0 Å². The zero-order chi connectivity index (χ0) is 11.5. The first-order valence-electron chi connectivity index (χ1n) is 4.42. The predicted molar refractivity (Wildman–Crippen MR) is 59.6 cm³/mol. The zero-order valence-corrected chi connectivity index (χ0v) is 10.5. The van der Waals surface area contributed by atoms with Crippen molar-refractivity contribution in [3.63, 3.8) is 0 Å². The normalized spacial score (nSPS) is 11.7. The molecule has 0 fully saturated rings. The number of hydrogen-bond donors (Lipinski definition) is 1. The average Bonchev–Trinajstić information content (AvgIpc) is 2.18. The molecule has 0 atom stereocenters. The molecule has 1 N–H and O–H groups in total. The number of benzene rings is 1. The summed E-state index contributed by atoms with van der Waals surface area (Å²) in [5.74, 6) is -0.748. The van der Waals surface area contributed by atoms with Gasteiger partial charge in [0, 0.05) is 11.0 Å². The van der Waals surface area contributed by atoms with Gasteiger partial charge in [-0.25, -0.2) is 17.5 Å². The Morgan fingerprint density at radius 1 is 1.47 bits per heavy atom. The Kier molecular flexibility index (Phi) is 4.24. The molecule has 0 aliphatic rings. The second kappa shape index (κ2) is 5.05. The van der Waals surface area contributed by atoms with Crippen LogP contribution in [0.15, 0.2) is 27.6 Å². The van der Waals surface area contributed by atoms with Gasteiger partial charge in [-0.05, 0) is 24.6 Å². The Hall–Kier alpha value is -0.460. The van der Waals surface area contributed by atoms with Gasteiger partial charge in [-0.15, -0.1) is 0 Å². The van der Waals surface area contributed by atoms with E-state index >= 15 is 0 Å². The summed E-state index contributed by atoms with van der Waals surface area (Å²) in [4.78, 5) is -0.328. The summed E-state index contributed by atoms with van der Waals surface area (Å²) in [6, 6.07) is 3.81. The monoisotopic (exact) mass is 295 g/mol. The van der Waals surface area contributed by atoms with E-state index in [2.05, 4.69) is 20.7 Å². The van der Waals surface area contributed by atoms with Gasteiger partial charge in [0.25, 0.3) is 0 Å². The van der Waals surface area contributed by atoms with Crippen LogP contribution in [0.2, 0.25) is 0 Å². The largest absolute Gasteiger partial charge is 0.243 e. The highest BCUT2D eigenvalue weighted by Crippen LogP contribution is 2.19. The Morgan fingerprint density at radius 3 is 2.73 bits per heavy atom. The maximum Gasteiger partial charge on any atom is 0.243 e. The Morgan fingerprint density at radius 2 is 2.13 bits per heavy atom. The third-order valence-electron chi connectivity index (χ3n) is 1.72. The molecule has 0 aromatic heterocycles. The quantitative estimate of drug-likeness (QED) is 0.926. The van der Waals surface area contributed by atoms with Crippen LogP contribution in [-0.4, -0.2) is 15.0 Å². The lowest BCUT2D eigenvalue weighted by Crippen LogP contribution is -2.25. The minimum atomic E-state index is -3.73. The van der Waals surface area contributed by atoms with Gasteiger partial charge >= 0.3 is 0 Å². The minimum Gasteiger partial charge on any atom is -0.211 e. The standard InChI is InChI=1S/C9H11BrFNO2S/c1-2-5-12-15(13,14)9-6-7(10)3-4-8(9)11/h3-4,6,12H,2,5H2,1H3. The van der Waals surface area contributed by atoms with Crippen LogP contribution in [0.1, 0.15) is 13.3 Å². The van der Waals surface area contributed by atoms with E-state index in [-0.39, 0.29) is 4.90 Å². The third-order valence-corrected chi connectivity index (χ3v) is 3.69. The molecule has 0 bridgehead atoms. The number of rotatable bonds is 4. The first kappa shape index (κ1) is 12.6. The van der Waals surface area contributed by atoms with E-state index in [4.69, 9.17) is 0 Å². The minimum absolute atomic E-state index is 0.300. The number of halogens is 2. The van der Waals surface area contributed by atoms with Crippen molar-refractivity contribution >= 4 is 26.0 Å². The average molecular weight is 296 g/mol.